The Morgan fingerprint density at radius 2 is 0.850 bits per heavy atom. The molecule has 116 valence electrons. The Kier molecular flexibility index (Phi) is 9.52. The van der Waals surface area contributed by atoms with Crippen LogP contribution in [0.25, 0.3) is 0 Å². The average molecular weight is 280 g/mol. The zero-order chi connectivity index (χ0) is 15.7. The Balaban J connectivity index is 0.00000172. The van der Waals surface area contributed by atoms with E-state index in [0.717, 1.165) is 0 Å². The van der Waals surface area contributed by atoms with Crippen LogP contribution in [0.15, 0.2) is 18.2 Å². The lowest BCUT2D eigenvalue weighted by Gasteiger charge is -2.19. The third-order valence-electron chi connectivity index (χ3n) is 4.54. The molecule has 0 amide bonds. The molecule has 1 aromatic carbocycles. The molecule has 1 aromatic rings. The van der Waals surface area contributed by atoms with Crippen LogP contribution in [-0.2, 0) is 0 Å². The molecule has 0 aliphatic heterocycles. The Morgan fingerprint density at radius 3 is 1.00 bits per heavy atom. The van der Waals surface area contributed by atoms with Crippen LogP contribution in [0.5, 0.6) is 0 Å². The summed E-state index contributed by atoms with van der Waals surface area (Å²) >= 11 is 0. The molecule has 3 atom stereocenters. The summed E-state index contributed by atoms with van der Waals surface area (Å²) in [5.74, 6) is 2.03. The van der Waals surface area contributed by atoms with Gasteiger partial charge < -0.3 is 0 Å². The summed E-state index contributed by atoms with van der Waals surface area (Å²) < 4.78 is 0. The smallest absolute Gasteiger partial charge is 0.0193 e. The monoisotopic (exact) mass is 280 g/mol. The second-order valence-electron chi connectivity index (χ2n) is 5.86. The van der Waals surface area contributed by atoms with Gasteiger partial charge in [0.15, 0.2) is 0 Å². The first-order valence-corrected chi connectivity index (χ1v) is 7.88. The molecule has 0 spiro atoms. The van der Waals surface area contributed by atoms with E-state index in [2.05, 4.69) is 59.7 Å². The second kappa shape index (κ2) is 9.95. The quantitative estimate of drug-likeness (QED) is 0.478. The molecule has 3 unspecified atom stereocenters. The number of rotatable bonds is 6. The van der Waals surface area contributed by atoms with Crippen molar-refractivity contribution < 1.29 is 10.5 Å². The standard InChI is InChI=1S/C18H30.H2O2/c1-7-13(4)16-10-17(14(5)8-2)12-18(11-16)15(6)9-3;1-2/h10-15H,7-9H2,1-6H3;1-2H. The van der Waals surface area contributed by atoms with Crippen LogP contribution in [0, 0.1) is 0 Å². The Labute approximate surface area is 124 Å². The summed E-state index contributed by atoms with van der Waals surface area (Å²) in [5.41, 5.74) is 4.60. The van der Waals surface area contributed by atoms with Gasteiger partial charge >= 0.3 is 0 Å². The van der Waals surface area contributed by atoms with E-state index in [1.165, 1.54) is 36.0 Å². The highest BCUT2D eigenvalue weighted by atomic mass is 17.0. The van der Waals surface area contributed by atoms with Gasteiger partial charge in [0.1, 0.15) is 0 Å². The van der Waals surface area contributed by atoms with Gasteiger partial charge in [0.25, 0.3) is 0 Å². The first-order valence-electron chi connectivity index (χ1n) is 7.88. The van der Waals surface area contributed by atoms with E-state index in [1.54, 1.807) is 0 Å². The van der Waals surface area contributed by atoms with Crippen LogP contribution in [0.2, 0.25) is 0 Å². The van der Waals surface area contributed by atoms with E-state index in [0.29, 0.717) is 17.8 Å². The van der Waals surface area contributed by atoms with Crippen molar-refractivity contribution in [3.05, 3.63) is 34.9 Å². The van der Waals surface area contributed by atoms with Crippen LogP contribution < -0.4 is 0 Å². The lowest BCUT2D eigenvalue weighted by Crippen LogP contribution is -2.01. The minimum atomic E-state index is 0.678. The molecule has 20 heavy (non-hydrogen) atoms. The van der Waals surface area contributed by atoms with Crippen molar-refractivity contribution in [1.29, 1.82) is 0 Å². The van der Waals surface area contributed by atoms with Crippen molar-refractivity contribution in [2.75, 3.05) is 0 Å². The maximum atomic E-state index is 6.00. The number of hydrogen-bond acceptors (Lipinski definition) is 2. The predicted octanol–water partition coefficient (Wildman–Crippen LogP) is 6.24. The maximum Gasteiger partial charge on any atom is -0.0193 e. The highest BCUT2D eigenvalue weighted by Gasteiger charge is 2.12. The van der Waals surface area contributed by atoms with Crippen molar-refractivity contribution in [1.82, 2.24) is 0 Å². The SMILES string of the molecule is CCC(C)c1cc(C(C)CC)cc(C(C)CC)c1.OO. The fourth-order valence-corrected chi connectivity index (χ4v) is 2.26. The van der Waals surface area contributed by atoms with Gasteiger partial charge in [0.05, 0.1) is 0 Å². The van der Waals surface area contributed by atoms with Crippen LogP contribution >= 0.6 is 0 Å². The van der Waals surface area contributed by atoms with E-state index in [4.69, 9.17) is 10.5 Å². The number of benzene rings is 1. The molecule has 0 heterocycles. The van der Waals surface area contributed by atoms with E-state index >= 15 is 0 Å². The highest BCUT2D eigenvalue weighted by molar-refractivity contribution is 5.35. The van der Waals surface area contributed by atoms with Gasteiger partial charge in [-0.3, -0.25) is 10.5 Å². The predicted molar refractivity (Wildman–Crippen MR) is 87.8 cm³/mol. The molecule has 0 bridgehead atoms. The summed E-state index contributed by atoms with van der Waals surface area (Å²) in [4.78, 5) is 0. The van der Waals surface area contributed by atoms with Gasteiger partial charge in [-0.1, -0.05) is 59.7 Å². The van der Waals surface area contributed by atoms with Gasteiger partial charge in [0, 0.05) is 0 Å². The van der Waals surface area contributed by atoms with Crippen LogP contribution in [0.4, 0.5) is 0 Å². The van der Waals surface area contributed by atoms with E-state index < -0.39 is 0 Å². The van der Waals surface area contributed by atoms with Crippen LogP contribution in [-0.4, -0.2) is 10.5 Å². The van der Waals surface area contributed by atoms with Gasteiger partial charge in [0.2, 0.25) is 0 Å². The zero-order valence-electron chi connectivity index (χ0n) is 14.0. The maximum absolute atomic E-state index is 6.00. The van der Waals surface area contributed by atoms with Crippen molar-refractivity contribution in [3.63, 3.8) is 0 Å². The minimum Gasteiger partial charge on any atom is -0.255 e. The van der Waals surface area contributed by atoms with Crippen molar-refractivity contribution >= 4 is 0 Å². The van der Waals surface area contributed by atoms with Gasteiger partial charge in [-0.2, -0.15) is 0 Å². The van der Waals surface area contributed by atoms with Crippen molar-refractivity contribution in [2.24, 2.45) is 0 Å². The topological polar surface area (TPSA) is 40.5 Å². The summed E-state index contributed by atoms with van der Waals surface area (Å²) in [7, 11) is 0. The molecule has 0 saturated heterocycles. The molecule has 0 aromatic heterocycles. The molecule has 0 aliphatic rings. The molecule has 2 N–H and O–H groups in total. The summed E-state index contributed by atoms with van der Waals surface area (Å²) in [5, 5.41) is 12.0. The second-order valence-corrected chi connectivity index (χ2v) is 5.86. The van der Waals surface area contributed by atoms with Crippen LogP contribution in [0.3, 0.4) is 0 Å². The third-order valence-corrected chi connectivity index (χ3v) is 4.54. The zero-order valence-corrected chi connectivity index (χ0v) is 14.0. The molecule has 2 nitrogen and oxygen atoms in total. The Bertz CT molecular complexity index is 304. The molecule has 0 aliphatic carbocycles. The minimum absolute atomic E-state index is 0.678. The molecule has 0 saturated carbocycles. The lowest BCUT2D eigenvalue weighted by molar-refractivity contribution is -0.176. The summed E-state index contributed by atoms with van der Waals surface area (Å²) in [6.07, 6.45) is 3.68. The summed E-state index contributed by atoms with van der Waals surface area (Å²) in [6.45, 7) is 13.9. The van der Waals surface area contributed by atoms with Gasteiger partial charge in [-0.05, 0) is 53.7 Å². The van der Waals surface area contributed by atoms with Gasteiger partial charge in [-0.15, -0.1) is 0 Å². The Morgan fingerprint density at radius 1 is 0.650 bits per heavy atom. The molecule has 1 rings (SSSR count). The molecule has 2 heteroatoms. The van der Waals surface area contributed by atoms with Gasteiger partial charge in [-0.25, -0.2) is 0 Å². The normalized spacial score (nSPS) is 15.0. The Hall–Kier alpha value is -0.860. The lowest BCUT2D eigenvalue weighted by atomic mass is 9.86. The number of hydrogen-bond donors (Lipinski definition) is 2. The highest BCUT2D eigenvalue weighted by Crippen LogP contribution is 2.30. The first-order chi connectivity index (χ1) is 9.53. The largest absolute Gasteiger partial charge is 0.255 e. The fraction of sp³-hybridized carbons (Fsp3) is 0.667. The van der Waals surface area contributed by atoms with E-state index in [1.807, 2.05) is 0 Å². The molecular formula is C18H32O2. The third kappa shape index (κ3) is 5.26. The first kappa shape index (κ1) is 19.1. The molecular weight excluding hydrogens is 248 g/mol. The average Bonchev–Trinajstić information content (AvgIpc) is 2.53. The van der Waals surface area contributed by atoms with E-state index in [9.17, 15) is 0 Å². The van der Waals surface area contributed by atoms with Crippen LogP contribution in [0.1, 0.15) is 95.2 Å². The fourth-order valence-electron chi connectivity index (χ4n) is 2.26. The molecule has 0 radical (unpaired) electrons. The molecule has 0 fully saturated rings. The van der Waals surface area contributed by atoms with E-state index in [-0.39, 0.29) is 0 Å². The van der Waals surface area contributed by atoms with Crippen molar-refractivity contribution in [2.45, 2.75) is 78.6 Å². The van der Waals surface area contributed by atoms with Crippen molar-refractivity contribution in [3.8, 4) is 0 Å². The summed E-state index contributed by atoms with van der Waals surface area (Å²) in [6, 6.07) is 7.32.